The predicted molar refractivity (Wildman–Crippen MR) is 124 cm³/mol. The quantitative estimate of drug-likeness (QED) is 0.206. The average molecular weight is 522 g/mol. The van der Waals surface area contributed by atoms with Gasteiger partial charge in [0.1, 0.15) is 18.7 Å². The van der Waals surface area contributed by atoms with Crippen LogP contribution in [-0.4, -0.2) is 60.0 Å². The lowest BCUT2D eigenvalue weighted by molar-refractivity contribution is -0.142. The van der Waals surface area contributed by atoms with Crippen molar-refractivity contribution >= 4 is 24.0 Å². The van der Waals surface area contributed by atoms with Gasteiger partial charge in [0.25, 0.3) is 0 Å². The first-order chi connectivity index (χ1) is 17.5. The first-order valence-electron chi connectivity index (χ1n) is 11.1. The minimum Gasteiger partial charge on any atom is -0.481 e. The predicted octanol–water partition coefficient (Wildman–Crippen LogP) is -0.0888. The summed E-state index contributed by atoms with van der Waals surface area (Å²) in [4.78, 5) is 85.1. The van der Waals surface area contributed by atoms with Gasteiger partial charge >= 0.3 is 41.1 Å². The third kappa shape index (κ3) is 8.19. The summed E-state index contributed by atoms with van der Waals surface area (Å²) in [6.07, 6.45) is -1.97. The lowest BCUT2D eigenvalue weighted by Crippen LogP contribution is -2.54. The van der Waals surface area contributed by atoms with Gasteiger partial charge in [-0.25, -0.2) is 37.9 Å². The summed E-state index contributed by atoms with van der Waals surface area (Å²) in [5.41, 5.74) is -3.48. The van der Waals surface area contributed by atoms with Gasteiger partial charge in [0.05, 0.1) is 0 Å². The standard InChI is InChI=1S/C22H26N4O11/c27-16(28)10-9-15(18(31)32)26-20(34)24-19(33)25(22(26)36)14(17(29)30)8-4-5-11-23-21(35)37-12-13-6-2-1-3-7-13/h1-3,6-7,14-15H,4-5,8-12H2,(H,23,35)(H,27,28)(H,29,30)(H,31,32)(H,24,33,34)/t14-,15?/m0/s1. The second-order valence-electron chi connectivity index (χ2n) is 7.88. The van der Waals surface area contributed by atoms with Crippen molar-refractivity contribution in [3.05, 3.63) is 67.3 Å². The first kappa shape index (κ1) is 28.5. The molecule has 2 atom stereocenters. The molecule has 15 heteroatoms. The largest absolute Gasteiger partial charge is 0.481 e. The Morgan fingerprint density at radius 3 is 1.97 bits per heavy atom. The molecule has 1 aromatic heterocycles. The van der Waals surface area contributed by atoms with Crippen LogP contribution in [0.15, 0.2) is 44.7 Å². The summed E-state index contributed by atoms with van der Waals surface area (Å²) in [6, 6.07) is 5.23. The van der Waals surface area contributed by atoms with Crippen LogP contribution in [0.25, 0.3) is 0 Å². The number of carbonyl (C=O) groups is 4. The number of carboxylic acids is 3. The second kappa shape index (κ2) is 13.4. The maximum absolute atomic E-state index is 12.9. The molecule has 0 fully saturated rings. The third-order valence-electron chi connectivity index (χ3n) is 5.28. The molecule has 0 saturated heterocycles. The van der Waals surface area contributed by atoms with Gasteiger partial charge in [0, 0.05) is 13.0 Å². The van der Waals surface area contributed by atoms with E-state index in [2.05, 4.69) is 5.32 Å². The number of ether oxygens (including phenoxy) is 1. The van der Waals surface area contributed by atoms with Gasteiger partial charge in [-0.3, -0.25) is 9.78 Å². The molecule has 5 N–H and O–H groups in total. The summed E-state index contributed by atoms with van der Waals surface area (Å²) >= 11 is 0. The number of nitrogens with zero attached hydrogens (tertiary/aromatic N) is 2. The number of aromatic nitrogens is 3. The highest BCUT2D eigenvalue weighted by molar-refractivity contribution is 5.74. The maximum atomic E-state index is 12.9. The highest BCUT2D eigenvalue weighted by Crippen LogP contribution is 2.14. The second-order valence-corrected chi connectivity index (χ2v) is 7.88. The molecule has 0 aliphatic heterocycles. The Morgan fingerprint density at radius 1 is 0.865 bits per heavy atom. The number of nitrogens with one attached hydrogen (secondary N) is 2. The normalized spacial score (nSPS) is 12.3. The van der Waals surface area contributed by atoms with E-state index in [9.17, 15) is 43.8 Å². The Bertz CT molecular complexity index is 1300. The fourth-order valence-electron chi connectivity index (χ4n) is 3.46. The van der Waals surface area contributed by atoms with E-state index in [1.807, 2.05) is 6.07 Å². The molecule has 1 unspecified atom stereocenters. The molecule has 0 saturated carbocycles. The van der Waals surface area contributed by atoms with Crippen LogP contribution in [0.5, 0.6) is 0 Å². The van der Waals surface area contributed by atoms with E-state index in [1.54, 1.807) is 29.2 Å². The highest BCUT2D eigenvalue weighted by atomic mass is 16.5. The number of amides is 1. The van der Waals surface area contributed by atoms with E-state index in [4.69, 9.17) is 9.84 Å². The van der Waals surface area contributed by atoms with Crippen molar-refractivity contribution in [2.24, 2.45) is 0 Å². The van der Waals surface area contributed by atoms with Crippen molar-refractivity contribution in [1.82, 2.24) is 19.4 Å². The SMILES string of the molecule is O=C(O)CCC(C(=O)O)n1c(=O)[nH]c(=O)n([C@@H](CCCCNC(=O)OCc2ccccc2)C(=O)O)c1=O. The van der Waals surface area contributed by atoms with Crippen molar-refractivity contribution in [3.8, 4) is 0 Å². The van der Waals surface area contributed by atoms with Crippen LogP contribution in [0.3, 0.4) is 0 Å². The van der Waals surface area contributed by atoms with Gasteiger partial charge in [-0.1, -0.05) is 30.3 Å². The minimum absolute atomic E-state index is 0.0545. The van der Waals surface area contributed by atoms with Crippen LogP contribution in [0.4, 0.5) is 4.79 Å². The van der Waals surface area contributed by atoms with Crippen LogP contribution in [0, 0.1) is 0 Å². The summed E-state index contributed by atoms with van der Waals surface area (Å²) < 4.78 is 5.37. The summed E-state index contributed by atoms with van der Waals surface area (Å²) in [6.45, 7) is 0.153. The van der Waals surface area contributed by atoms with Crippen molar-refractivity contribution in [2.45, 2.75) is 50.8 Å². The number of aliphatic carboxylic acids is 3. The van der Waals surface area contributed by atoms with Crippen LogP contribution in [0.1, 0.15) is 49.8 Å². The lowest BCUT2D eigenvalue weighted by Gasteiger charge is -2.18. The van der Waals surface area contributed by atoms with E-state index in [1.165, 1.54) is 0 Å². The topological polar surface area (TPSA) is 227 Å². The Hall–Kier alpha value is -4.69. The van der Waals surface area contributed by atoms with Gasteiger partial charge < -0.3 is 25.4 Å². The van der Waals surface area contributed by atoms with E-state index >= 15 is 0 Å². The molecule has 1 heterocycles. The minimum atomic E-state index is -1.94. The van der Waals surface area contributed by atoms with Gasteiger partial charge in [0.2, 0.25) is 0 Å². The molecule has 1 aromatic carbocycles. The molecule has 1 amide bonds. The number of unbranched alkanes of at least 4 members (excludes halogenated alkanes) is 1. The number of alkyl carbamates (subject to hydrolysis) is 1. The first-order valence-corrected chi connectivity index (χ1v) is 11.1. The maximum Gasteiger partial charge on any atom is 0.407 e. The lowest BCUT2D eigenvalue weighted by atomic mass is 10.1. The molecular formula is C22H26N4O11. The van der Waals surface area contributed by atoms with E-state index in [-0.39, 0.29) is 41.5 Å². The van der Waals surface area contributed by atoms with Crippen LogP contribution in [-0.2, 0) is 25.7 Å². The van der Waals surface area contributed by atoms with E-state index in [0.29, 0.717) is 0 Å². The number of carbonyl (C=O) groups excluding carboxylic acids is 1. The smallest absolute Gasteiger partial charge is 0.407 e. The number of benzene rings is 1. The van der Waals surface area contributed by atoms with Crippen LogP contribution >= 0.6 is 0 Å². The zero-order valence-electron chi connectivity index (χ0n) is 19.5. The Morgan fingerprint density at radius 2 is 1.43 bits per heavy atom. The summed E-state index contributed by atoms with van der Waals surface area (Å²) in [5.74, 6) is -4.69. The van der Waals surface area contributed by atoms with Gasteiger partial charge in [-0.15, -0.1) is 0 Å². The molecule has 0 radical (unpaired) electrons. The molecule has 0 spiro atoms. The molecular weight excluding hydrogens is 496 g/mol. The van der Waals surface area contributed by atoms with E-state index in [0.717, 1.165) is 5.56 Å². The number of aromatic amines is 1. The Labute approximate surface area is 207 Å². The zero-order valence-corrected chi connectivity index (χ0v) is 19.5. The van der Waals surface area contributed by atoms with Crippen molar-refractivity contribution in [2.75, 3.05) is 6.54 Å². The van der Waals surface area contributed by atoms with Crippen molar-refractivity contribution < 1.29 is 39.2 Å². The highest BCUT2D eigenvalue weighted by Gasteiger charge is 2.30. The van der Waals surface area contributed by atoms with E-state index < -0.39 is 66.0 Å². The van der Waals surface area contributed by atoms with Gasteiger partial charge in [0.15, 0.2) is 0 Å². The molecule has 15 nitrogen and oxygen atoms in total. The van der Waals surface area contributed by atoms with Crippen molar-refractivity contribution in [1.29, 1.82) is 0 Å². The summed E-state index contributed by atoms with van der Waals surface area (Å²) in [7, 11) is 0. The van der Waals surface area contributed by atoms with Gasteiger partial charge in [-0.2, -0.15) is 0 Å². The fraction of sp³-hybridized carbons (Fsp3) is 0.409. The number of hydrogen-bond acceptors (Lipinski definition) is 8. The fourth-order valence-corrected chi connectivity index (χ4v) is 3.46. The molecule has 0 aliphatic rings. The molecule has 0 bridgehead atoms. The molecule has 200 valence electrons. The number of rotatable bonds is 14. The average Bonchev–Trinajstić information content (AvgIpc) is 2.83. The Balaban J connectivity index is 2.08. The number of H-pyrrole nitrogens is 1. The molecule has 37 heavy (non-hydrogen) atoms. The zero-order chi connectivity index (χ0) is 27.5. The number of hydrogen-bond donors (Lipinski definition) is 5. The monoisotopic (exact) mass is 522 g/mol. The third-order valence-corrected chi connectivity index (χ3v) is 5.28. The van der Waals surface area contributed by atoms with Gasteiger partial charge in [-0.05, 0) is 31.2 Å². The molecule has 2 rings (SSSR count). The Kier molecular flexibility index (Phi) is 10.3. The van der Waals surface area contributed by atoms with Crippen LogP contribution < -0.4 is 22.4 Å². The molecule has 2 aromatic rings. The van der Waals surface area contributed by atoms with Crippen LogP contribution in [0.2, 0.25) is 0 Å². The van der Waals surface area contributed by atoms with Crippen molar-refractivity contribution in [3.63, 3.8) is 0 Å². The number of carboxylic acid groups (broad SMARTS) is 3. The molecule has 0 aliphatic carbocycles. The summed E-state index contributed by atoms with van der Waals surface area (Å²) in [5, 5.41) is 30.3.